The summed E-state index contributed by atoms with van der Waals surface area (Å²) in [5.41, 5.74) is 1.40. The van der Waals surface area contributed by atoms with Crippen molar-refractivity contribution in [3.8, 4) is 0 Å². The van der Waals surface area contributed by atoms with E-state index < -0.39 is 10.8 Å². The minimum absolute atomic E-state index is 0.160. The second-order valence-electron chi connectivity index (χ2n) is 3.71. The van der Waals surface area contributed by atoms with Crippen LogP contribution in [0.1, 0.15) is 10.4 Å². The van der Waals surface area contributed by atoms with Gasteiger partial charge in [0.25, 0.3) is 5.91 Å². The molecule has 1 aromatic heterocycles. The van der Waals surface area contributed by atoms with Crippen LogP contribution in [0.2, 0.25) is 0 Å². The Labute approximate surface area is 101 Å². The van der Waals surface area contributed by atoms with Gasteiger partial charge in [-0.05, 0) is 12.1 Å². The molecule has 1 amide bonds. The van der Waals surface area contributed by atoms with Gasteiger partial charge < -0.3 is 5.32 Å². The molecule has 1 unspecified atom stereocenters. The molecule has 0 radical (unpaired) electrons. The van der Waals surface area contributed by atoms with Crippen LogP contribution < -0.4 is 5.32 Å². The minimum atomic E-state index is -0.885. The van der Waals surface area contributed by atoms with Gasteiger partial charge in [0, 0.05) is 40.3 Å². The van der Waals surface area contributed by atoms with Gasteiger partial charge in [-0.2, -0.15) is 5.10 Å². The number of benzene rings is 1. The van der Waals surface area contributed by atoms with Gasteiger partial charge in [0.1, 0.15) is 0 Å². The molecule has 0 bridgehead atoms. The highest BCUT2D eigenvalue weighted by Gasteiger charge is 2.06. The summed E-state index contributed by atoms with van der Waals surface area (Å²) in [6.45, 7) is 0.420. The van der Waals surface area contributed by atoms with Gasteiger partial charge >= 0.3 is 0 Å². The number of H-pyrrole nitrogens is 1. The molecule has 1 aromatic carbocycles. The molecule has 2 aromatic rings. The lowest BCUT2D eigenvalue weighted by Gasteiger charge is -2.03. The molecule has 0 aliphatic rings. The zero-order valence-corrected chi connectivity index (χ0v) is 10.2. The first-order valence-electron chi connectivity index (χ1n) is 5.18. The van der Waals surface area contributed by atoms with Gasteiger partial charge in [0.05, 0.1) is 11.7 Å². The van der Waals surface area contributed by atoms with Gasteiger partial charge in [0.2, 0.25) is 0 Å². The second-order valence-corrected chi connectivity index (χ2v) is 5.26. The maximum absolute atomic E-state index is 11.7. The Morgan fingerprint density at radius 3 is 3.12 bits per heavy atom. The molecule has 0 saturated heterocycles. The molecule has 1 atom stereocenters. The van der Waals surface area contributed by atoms with Crippen molar-refractivity contribution in [2.45, 2.75) is 0 Å². The van der Waals surface area contributed by atoms with E-state index in [1.54, 1.807) is 24.6 Å². The van der Waals surface area contributed by atoms with Crippen LogP contribution in [0.15, 0.2) is 24.4 Å². The normalized spacial score (nSPS) is 12.5. The van der Waals surface area contributed by atoms with E-state index in [-0.39, 0.29) is 5.91 Å². The lowest BCUT2D eigenvalue weighted by Crippen LogP contribution is -2.27. The third-order valence-corrected chi connectivity index (χ3v) is 3.16. The fourth-order valence-electron chi connectivity index (χ4n) is 1.49. The molecule has 2 N–H and O–H groups in total. The summed E-state index contributed by atoms with van der Waals surface area (Å²) in [7, 11) is -0.885. The Balaban J connectivity index is 2.05. The maximum Gasteiger partial charge on any atom is 0.251 e. The van der Waals surface area contributed by atoms with Crippen molar-refractivity contribution in [3.05, 3.63) is 30.0 Å². The summed E-state index contributed by atoms with van der Waals surface area (Å²) in [4.78, 5) is 11.7. The number of carbonyl (C=O) groups excluding carboxylic acids is 1. The Hall–Kier alpha value is -1.69. The van der Waals surface area contributed by atoms with Crippen LogP contribution in [-0.2, 0) is 10.8 Å². The van der Waals surface area contributed by atoms with Gasteiger partial charge in [-0.3, -0.25) is 14.1 Å². The number of nitrogens with zero attached hydrogens (tertiary/aromatic N) is 1. The molecule has 2 rings (SSSR count). The van der Waals surface area contributed by atoms with Gasteiger partial charge in [-0.15, -0.1) is 0 Å². The van der Waals surface area contributed by atoms with E-state index in [9.17, 15) is 9.00 Å². The van der Waals surface area contributed by atoms with Crippen LogP contribution in [0, 0.1) is 0 Å². The lowest BCUT2D eigenvalue weighted by atomic mass is 10.1. The van der Waals surface area contributed by atoms with Crippen LogP contribution in [0.3, 0.4) is 0 Å². The van der Waals surface area contributed by atoms with E-state index in [2.05, 4.69) is 15.5 Å². The standard InChI is InChI=1S/C11H13N3O2S/c1-17(16)5-4-12-11(15)8-2-3-9-7-13-14-10(9)6-8/h2-3,6-7H,4-5H2,1H3,(H,12,15)(H,13,14). The molecule has 5 nitrogen and oxygen atoms in total. The van der Waals surface area contributed by atoms with Crippen molar-refractivity contribution in [1.29, 1.82) is 0 Å². The van der Waals surface area contributed by atoms with E-state index >= 15 is 0 Å². The molecule has 1 heterocycles. The van der Waals surface area contributed by atoms with Crippen molar-refractivity contribution in [2.24, 2.45) is 0 Å². The molecule has 0 aliphatic carbocycles. The summed E-state index contributed by atoms with van der Waals surface area (Å²) in [5, 5.41) is 10.4. The quantitative estimate of drug-likeness (QED) is 0.838. The Kier molecular flexibility index (Phi) is 3.53. The van der Waals surface area contributed by atoms with Crippen molar-refractivity contribution in [1.82, 2.24) is 15.5 Å². The maximum atomic E-state index is 11.7. The van der Waals surface area contributed by atoms with Gasteiger partial charge in [-0.25, -0.2) is 0 Å². The lowest BCUT2D eigenvalue weighted by molar-refractivity contribution is 0.0956. The highest BCUT2D eigenvalue weighted by molar-refractivity contribution is 7.84. The highest BCUT2D eigenvalue weighted by atomic mass is 32.2. The van der Waals surface area contributed by atoms with E-state index in [1.165, 1.54) is 0 Å². The summed E-state index contributed by atoms with van der Waals surface area (Å²) in [5.74, 6) is 0.310. The third kappa shape index (κ3) is 2.91. The topological polar surface area (TPSA) is 74.8 Å². The van der Waals surface area contributed by atoms with E-state index in [0.717, 1.165) is 10.9 Å². The number of hydrogen-bond acceptors (Lipinski definition) is 3. The highest BCUT2D eigenvalue weighted by Crippen LogP contribution is 2.12. The van der Waals surface area contributed by atoms with Gasteiger partial charge in [0.15, 0.2) is 0 Å². The number of aromatic nitrogens is 2. The molecule has 0 spiro atoms. The first-order chi connectivity index (χ1) is 8.16. The predicted molar refractivity (Wildman–Crippen MR) is 67.4 cm³/mol. The van der Waals surface area contributed by atoms with Crippen molar-refractivity contribution in [2.75, 3.05) is 18.6 Å². The van der Waals surface area contributed by atoms with Crippen molar-refractivity contribution < 1.29 is 9.00 Å². The fourth-order valence-corrected chi connectivity index (χ4v) is 1.88. The summed E-state index contributed by atoms with van der Waals surface area (Å²) in [6.07, 6.45) is 3.32. The zero-order valence-electron chi connectivity index (χ0n) is 9.40. The molecular weight excluding hydrogens is 238 g/mol. The Morgan fingerprint density at radius 2 is 2.35 bits per heavy atom. The van der Waals surface area contributed by atoms with Gasteiger partial charge in [-0.1, -0.05) is 6.07 Å². The smallest absolute Gasteiger partial charge is 0.251 e. The number of hydrogen-bond donors (Lipinski definition) is 2. The number of nitrogens with one attached hydrogen (secondary N) is 2. The first-order valence-corrected chi connectivity index (χ1v) is 6.91. The summed E-state index contributed by atoms with van der Waals surface area (Å²) >= 11 is 0. The van der Waals surface area contributed by atoms with Crippen LogP contribution in [0.25, 0.3) is 10.9 Å². The Bertz CT molecular complexity index is 565. The average molecular weight is 251 g/mol. The molecular formula is C11H13N3O2S. The Morgan fingerprint density at radius 1 is 1.53 bits per heavy atom. The molecule has 0 aliphatic heterocycles. The number of carbonyl (C=O) groups is 1. The second kappa shape index (κ2) is 5.09. The van der Waals surface area contributed by atoms with Crippen molar-refractivity contribution in [3.63, 3.8) is 0 Å². The van der Waals surface area contributed by atoms with E-state index in [1.807, 2.05) is 6.07 Å². The SMILES string of the molecule is CS(=O)CCNC(=O)c1ccc2cn[nH]c2c1. The van der Waals surface area contributed by atoms with E-state index in [4.69, 9.17) is 0 Å². The summed E-state index contributed by atoms with van der Waals surface area (Å²) < 4.78 is 10.8. The van der Waals surface area contributed by atoms with Crippen LogP contribution >= 0.6 is 0 Å². The largest absolute Gasteiger partial charge is 0.351 e. The van der Waals surface area contributed by atoms with Crippen molar-refractivity contribution >= 4 is 27.6 Å². The fraction of sp³-hybridized carbons (Fsp3) is 0.273. The molecule has 0 fully saturated rings. The third-order valence-electron chi connectivity index (χ3n) is 2.38. The zero-order chi connectivity index (χ0) is 12.3. The summed E-state index contributed by atoms with van der Waals surface area (Å²) in [6, 6.07) is 5.34. The predicted octanol–water partition coefficient (Wildman–Crippen LogP) is 0.671. The molecule has 90 valence electrons. The van der Waals surface area contributed by atoms with Crippen LogP contribution in [0.4, 0.5) is 0 Å². The number of aromatic amines is 1. The van der Waals surface area contributed by atoms with Crippen LogP contribution in [-0.4, -0.2) is 38.9 Å². The molecule has 17 heavy (non-hydrogen) atoms. The molecule has 0 saturated carbocycles. The molecule has 6 heteroatoms. The number of amides is 1. The average Bonchev–Trinajstić information content (AvgIpc) is 2.75. The minimum Gasteiger partial charge on any atom is -0.351 e. The van der Waals surface area contributed by atoms with Crippen LogP contribution in [0.5, 0.6) is 0 Å². The number of fused-ring (bicyclic) bond motifs is 1. The first kappa shape index (κ1) is 11.8. The van der Waals surface area contributed by atoms with E-state index in [0.29, 0.717) is 17.9 Å². The number of rotatable bonds is 4. The monoisotopic (exact) mass is 251 g/mol.